The van der Waals surface area contributed by atoms with E-state index < -0.39 is 10.0 Å². The van der Waals surface area contributed by atoms with Crippen LogP contribution in [0.25, 0.3) is 0 Å². The minimum Gasteiger partial charge on any atom is -0.463 e. The molecule has 1 aliphatic heterocycles. The molecule has 1 fully saturated rings. The van der Waals surface area contributed by atoms with Gasteiger partial charge in [0, 0.05) is 19.7 Å². The highest BCUT2D eigenvalue weighted by atomic mass is 32.2. The van der Waals surface area contributed by atoms with Gasteiger partial charge in [-0.25, -0.2) is 8.42 Å². The number of esters is 1. The Hall–Kier alpha value is -1.44. The lowest BCUT2D eigenvalue weighted by Crippen LogP contribution is -2.40. The maximum absolute atomic E-state index is 12.8. The first-order chi connectivity index (χ1) is 11.9. The molecule has 25 heavy (non-hydrogen) atoms. The Morgan fingerprint density at radius 2 is 1.84 bits per heavy atom. The lowest BCUT2D eigenvalue weighted by Gasteiger charge is -2.30. The molecule has 0 N–H and O–H groups in total. The molecule has 0 amide bonds. The highest BCUT2D eigenvalue weighted by molar-refractivity contribution is 7.89. The molecule has 0 bridgehead atoms. The Labute approximate surface area is 150 Å². The first kappa shape index (κ1) is 19.9. The van der Waals surface area contributed by atoms with E-state index in [4.69, 9.17) is 9.47 Å². The van der Waals surface area contributed by atoms with Crippen LogP contribution in [0.15, 0.2) is 23.1 Å². The number of hydrogen-bond acceptors (Lipinski definition) is 5. The SMILES string of the molecule is CCOCCOC(=O)C1CCN(S(=O)(=O)c2ccc(C)c(C)c2)CC1. The highest BCUT2D eigenvalue weighted by Gasteiger charge is 2.32. The molecule has 2 rings (SSSR count). The smallest absolute Gasteiger partial charge is 0.309 e. The van der Waals surface area contributed by atoms with Crippen LogP contribution in [0.3, 0.4) is 0 Å². The molecule has 7 heteroatoms. The summed E-state index contributed by atoms with van der Waals surface area (Å²) in [6.07, 6.45) is 0.967. The van der Waals surface area contributed by atoms with E-state index in [1.54, 1.807) is 12.1 Å². The fourth-order valence-electron chi connectivity index (χ4n) is 2.82. The number of piperidine rings is 1. The molecule has 6 nitrogen and oxygen atoms in total. The van der Waals surface area contributed by atoms with Gasteiger partial charge in [-0.1, -0.05) is 6.07 Å². The summed E-state index contributed by atoms with van der Waals surface area (Å²) < 4.78 is 37.3. The van der Waals surface area contributed by atoms with Crippen LogP contribution < -0.4 is 0 Å². The summed E-state index contributed by atoms with van der Waals surface area (Å²) in [5.74, 6) is -0.504. The van der Waals surface area contributed by atoms with Gasteiger partial charge < -0.3 is 9.47 Å². The van der Waals surface area contributed by atoms with Gasteiger partial charge in [-0.05, 0) is 56.9 Å². The van der Waals surface area contributed by atoms with Crippen molar-refractivity contribution < 1.29 is 22.7 Å². The summed E-state index contributed by atoms with van der Waals surface area (Å²) in [7, 11) is -3.51. The van der Waals surface area contributed by atoms with E-state index in [1.165, 1.54) is 4.31 Å². The number of aryl methyl sites for hydroxylation is 2. The van der Waals surface area contributed by atoms with Crippen LogP contribution >= 0.6 is 0 Å². The van der Waals surface area contributed by atoms with Crippen LogP contribution in [0.1, 0.15) is 30.9 Å². The fraction of sp³-hybridized carbons (Fsp3) is 0.611. The van der Waals surface area contributed by atoms with Gasteiger partial charge in [-0.2, -0.15) is 4.31 Å². The van der Waals surface area contributed by atoms with E-state index in [0.29, 0.717) is 44.0 Å². The average molecular weight is 369 g/mol. The minimum absolute atomic E-state index is 0.243. The highest BCUT2D eigenvalue weighted by Crippen LogP contribution is 2.25. The van der Waals surface area contributed by atoms with Crippen molar-refractivity contribution in [2.45, 2.75) is 38.5 Å². The van der Waals surface area contributed by atoms with Gasteiger partial charge in [0.2, 0.25) is 10.0 Å². The van der Waals surface area contributed by atoms with E-state index in [2.05, 4.69) is 0 Å². The van der Waals surface area contributed by atoms with Gasteiger partial charge in [0.05, 0.1) is 17.4 Å². The molecule has 1 aromatic carbocycles. The zero-order valence-corrected chi connectivity index (χ0v) is 16.0. The molecule has 1 aromatic rings. The number of benzene rings is 1. The largest absolute Gasteiger partial charge is 0.463 e. The summed E-state index contributed by atoms with van der Waals surface area (Å²) >= 11 is 0. The lowest BCUT2D eigenvalue weighted by atomic mass is 9.98. The van der Waals surface area contributed by atoms with Gasteiger partial charge in [0.1, 0.15) is 6.61 Å². The summed E-state index contributed by atoms with van der Waals surface area (Å²) in [5.41, 5.74) is 2.02. The predicted molar refractivity (Wildman–Crippen MR) is 94.9 cm³/mol. The third-order valence-corrected chi connectivity index (χ3v) is 6.47. The molecular weight excluding hydrogens is 342 g/mol. The second kappa shape index (κ2) is 8.78. The minimum atomic E-state index is -3.51. The number of nitrogens with zero attached hydrogens (tertiary/aromatic N) is 1. The van der Waals surface area contributed by atoms with Gasteiger partial charge >= 0.3 is 5.97 Å². The molecule has 1 saturated heterocycles. The van der Waals surface area contributed by atoms with Crippen LogP contribution in [0, 0.1) is 19.8 Å². The molecule has 0 radical (unpaired) electrons. The Bertz CT molecular complexity index is 693. The van der Waals surface area contributed by atoms with Crippen molar-refractivity contribution >= 4 is 16.0 Å². The van der Waals surface area contributed by atoms with E-state index in [-0.39, 0.29) is 18.5 Å². The molecule has 0 saturated carbocycles. The Kier molecular flexibility index (Phi) is 6.98. The first-order valence-electron chi connectivity index (χ1n) is 8.68. The second-order valence-electron chi connectivity index (χ2n) is 6.29. The van der Waals surface area contributed by atoms with Crippen LogP contribution in [0.5, 0.6) is 0 Å². The molecule has 0 aromatic heterocycles. The molecule has 1 aliphatic rings. The fourth-order valence-corrected chi connectivity index (χ4v) is 4.37. The predicted octanol–water partition coefficient (Wildman–Crippen LogP) is 2.28. The first-order valence-corrected chi connectivity index (χ1v) is 10.1. The van der Waals surface area contributed by atoms with Crippen LogP contribution in [0.4, 0.5) is 0 Å². The van der Waals surface area contributed by atoms with Gasteiger partial charge in [0.15, 0.2) is 0 Å². The van der Waals surface area contributed by atoms with Crippen molar-refractivity contribution in [2.75, 3.05) is 32.9 Å². The number of ether oxygens (including phenoxy) is 2. The second-order valence-corrected chi connectivity index (χ2v) is 8.23. The number of hydrogen-bond donors (Lipinski definition) is 0. The summed E-state index contributed by atoms with van der Waals surface area (Å²) in [4.78, 5) is 12.3. The average Bonchev–Trinajstić information content (AvgIpc) is 2.61. The molecular formula is C18H27NO5S. The Balaban J connectivity index is 1.92. The maximum Gasteiger partial charge on any atom is 0.309 e. The van der Waals surface area contributed by atoms with E-state index in [0.717, 1.165) is 11.1 Å². The van der Waals surface area contributed by atoms with E-state index in [9.17, 15) is 13.2 Å². The monoisotopic (exact) mass is 369 g/mol. The number of rotatable bonds is 7. The topological polar surface area (TPSA) is 72.9 Å². The molecule has 0 atom stereocenters. The standard InChI is InChI=1S/C18H27NO5S/c1-4-23-11-12-24-18(20)16-7-9-19(10-8-16)25(21,22)17-6-5-14(2)15(3)13-17/h5-6,13,16H,4,7-12H2,1-3H3. The number of sulfonamides is 1. The molecule has 1 heterocycles. The normalized spacial score (nSPS) is 16.8. The van der Waals surface area contributed by atoms with Crippen molar-refractivity contribution in [1.29, 1.82) is 0 Å². The zero-order chi connectivity index (χ0) is 18.4. The molecule has 0 unspecified atom stereocenters. The Morgan fingerprint density at radius 3 is 2.44 bits per heavy atom. The van der Waals surface area contributed by atoms with Gasteiger partial charge in [0.25, 0.3) is 0 Å². The van der Waals surface area contributed by atoms with Gasteiger partial charge in [-0.15, -0.1) is 0 Å². The van der Waals surface area contributed by atoms with Crippen molar-refractivity contribution in [1.82, 2.24) is 4.31 Å². The third kappa shape index (κ3) is 5.03. The quantitative estimate of drug-likeness (QED) is 0.545. The third-order valence-electron chi connectivity index (χ3n) is 4.58. The maximum atomic E-state index is 12.8. The van der Waals surface area contributed by atoms with Gasteiger partial charge in [-0.3, -0.25) is 4.79 Å². The number of carbonyl (C=O) groups excluding carboxylic acids is 1. The van der Waals surface area contributed by atoms with E-state index >= 15 is 0 Å². The van der Waals surface area contributed by atoms with Crippen LogP contribution in [-0.4, -0.2) is 51.6 Å². The molecule has 0 spiro atoms. The van der Waals surface area contributed by atoms with Crippen molar-refractivity contribution in [3.8, 4) is 0 Å². The number of carbonyl (C=O) groups is 1. The van der Waals surface area contributed by atoms with Crippen molar-refractivity contribution in [3.05, 3.63) is 29.3 Å². The van der Waals surface area contributed by atoms with Crippen LogP contribution in [0.2, 0.25) is 0 Å². The Morgan fingerprint density at radius 1 is 1.16 bits per heavy atom. The van der Waals surface area contributed by atoms with E-state index in [1.807, 2.05) is 26.8 Å². The lowest BCUT2D eigenvalue weighted by molar-refractivity contribution is -0.151. The molecule has 140 valence electrons. The van der Waals surface area contributed by atoms with Crippen molar-refractivity contribution in [3.63, 3.8) is 0 Å². The van der Waals surface area contributed by atoms with Crippen molar-refractivity contribution in [2.24, 2.45) is 5.92 Å². The summed E-state index contributed by atoms with van der Waals surface area (Å²) in [6.45, 7) is 7.63. The zero-order valence-electron chi connectivity index (χ0n) is 15.2. The summed E-state index contributed by atoms with van der Waals surface area (Å²) in [6, 6.07) is 5.18. The van der Waals surface area contributed by atoms with Crippen LogP contribution in [-0.2, 0) is 24.3 Å². The summed E-state index contributed by atoms with van der Waals surface area (Å²) in [5, 5.41) is 0. The molecule has 0 aliphatic carbocycles.